The van der Waals surface area contributed by atoms with E-state index in [4.69, 9.17) is 9.68 Å². The van der Waals surface area contributed by atoms with E-state index in [-0.39, 0.29) is 23.4 Å². The Kier molecular flexibility index (Phi) is 10.9. The molecule has 0 aliphatic heterocycles. The maximum Gasteiger partial charge on any atom is 0.250 e. The first-order chi connectivity index (χ1) is 19.2. The quantitative estimate of drug-likeness (QED) is 0.161. The van der Waals surface area contributed by atoms with Gasteiger partial charge in [0, 0.05) is 0 Å². The Bertz CT molecular complexity index is 1240. The topological polar surface area (TPSA) is 124 Å². The molecule has 218 valence electrons. The third-order valence-corrected chi connectivity index (χ3v) is 6.47. The lowest BCUT2D eigenvalue weighted by atomic mass is 9.96. The minimum Gasteiger partial charge on any atom is -0.295 e. The van der Waals surface area contributed by atoms with Gasteiger partial charge < -0.3 is 0 Å². The second-order valence-electron chi connectivity index (χ2n) is 11.6. The molecular weight excluding hydrogens is 542 g/mol. The van der Waals surface area contributed by atoms with Crippen LogP contribution in [0.5, 0.6) is 0 Å². The molecule has 0 bridgehead atoms. The van der Waals surface area contributed by atoms with Crippen LogP contribution in [0.1, 0.15) is 72.8 Å². The summed E-state index contributed by atoms with van der Waals surface area (Å²) in [5.41, 5.74) is 6.73. The van der Waals surface area contributed by atoms with Crippen molar-refractivity contribution >= 4 is 34.5 Å². The molecule has 0 aliphatic rings. The number of carbonyl (C=O) groups is 4. The fraction of sp³-hybridized carbons (Fsp3) is 0.387. The van der Waals surface area contributed by atoms with Crippen LogP contribution in [0, 0.1) is 0 Å². The van der Waals surface area contributed by atoms with Gasteiger partial charge in [0.25, 0.3) is 0 Å². The van der Waals surface area contributed by atoms with Crippen LogP contribution in [0.25, 0.3) is 0 Å². The zero-order chi connectivity index (χ0) is 30.2. The number of carbonyl (C=O) groups excluding carboxylic acids is 4. The van der Waals surface area contributed by atoms with Crippen LogP contribution >= 0.6 is 11.3 Å². The minimum absolute atomic E-state index is 0.168. The molecule has 0 aliphatic carbocycles. The summed E-state index contributed by atoms with van der Waals surface area (Å²) in [6, 6.07) is 16.3. The highest BCUT2D eigenvalue weighted by atomic mass is 32.1. The van der Waals surface area contributed by atoms with Gasteiger partial charge in [-0.2, -0.15) is 11.0 Å². The van der Waals surface area contributed by atoms with E-state index in [0.717, 1.165) is 22.5 Å². The van der Waals surface area contributed by atoms with Crippen LogP contribution in [0.4, 0.5) is 0 Å². The average molecular weight is 580 g/mol. The summed E-state index contributed by atoms with van der Waals surface area (Å²) in [5, 5.41) is 0. The summed E-state index contributed by atoms with van der Waals surface area (Å²) < 4.78 is 0. The monoisotopic (exact) mass is 579 g/mol. The summed E-state index contributed by atoms with van der Waals surface area (Å²) in [6.07, 6.45) is 0.344. The van der Waals surface area contributed by atoms with Crippen molar-refractivity contribution in [3.63, 3.8) is 0 Å². The second kappa shape index (κ2) is 14.0. The zero-order valence-electron chi connectivity index (χ0n) is 24.2. The van der Waals surface area contributed by atoms with Gasteiger partial charge in [-0.1, -0.05) is 60.7 Å². The number of aromatic nitrogens is 1. The summed E-state index contributed by atoms with van der Waals surface area (Å²) in [5.74, 6) is -3.54. The second-order valence-corrected chi connectivity index (χ2v) is 12.4. The van der Waals surface area contributed by atoms with Crippen LogP contribution in [-0.4, -0.2) is 51.4 Å². The van der Waals surface area contributed by atoms with Crippen molar-refractivity contribution in [3.05, 3.63) is 87.9 Å². The number of hydrogen-bond acceptors (Lipinski definition) is 10. The number of benzene rings is 2. The molecule has 0 spiro atoms. The van der Waals surface area contributed by atoms with E-state index < -0.39 is 46.4 Å². The third kappa shape index (κ3) is 9.87. The molecular formula is C31H37N3O6S. The van der Waals surface area contributed by atoms with Gasteiger partial charge in [-0.15, -0.1) is 11.3 Å². The van der Waals surface area contributed by atoms with Crippen molar-refractivity contribution in [3.8, 4) is 0 Å². The number of hydroxylamine groups is 2. The van der Waals surface area contributed by atoms with Gasteiger partial charge in [0.2, 0.25) is 23.1 Å². The first-order valence-electron chi connectivity index (χ1n) is 13.3. The van der Waals surface area contributed by atoms with Crippen molar-refractivity contribution in [2.75, 3.05) is 0 Å². The average Bonchev–Trinajstić information content (AvgIpc) is 3.42. The highest BCUT2D eigenvalue weighted by molar-refractivity contribution is 7.13. The smallest absolute Gasteiger partial charge is 0.250 e. The fourth-order valence-electron chi connectivity index (χ4n) is 3.69. The Hall–Kier alpha value is -3.41. The Balaban J connectivity index is 1.85. The van der Waals surface area contributed by atoms with E-state index in [0.29, 0.717) is 0 Å². The normalized spacial score (nSPS) is 13.4. The number of Topliss-reactive ketones (excluding diaryl/α,β-unsaturated/α-hetero) is 4. The lowest BCUT2D eigenvalue weighted by Crippen LogP contribution is -2.46. The van der Waals surface area contributed by atoms with Crippen LogP contribution in [-0.2, 0) is 32.1 Å². The van der Waals surface area contributed by atoms with Gasteiger partial charge in [-0.3, -0.25) is 28.9 Å². The molecule has 10 heteroatoms. The van der Waals surface area contributed by atoms with Gasteiger partial charge in [0.1, 0.15) is 22.7 Å². The Morgan fingerprint density at radius 2 is 1.12 bits per heavy atom. The van der Waals surface area contributed by atoms with Crippen LogP contribution < -0.4 is 11.0 Å². The molecule has 1 heterocycles. The lowest BCUT2D eigenvalue weighted by Gasteiger charge is -2.24. The van der Waals surface area contributed by atoms with E-state index >= 15 is 0 Å². The van der Waals surface area contributed by atoms with E-state index in [1.54, 1.807) is 41.5 Å². The largest absolute Gasteiger partial charge is 0.295 e. The lowest BCUT2D eigenvalue weighted by molar-refractivity contribution is -0.129. The van der Waals surface area contributed by atoms with Gasteiger partial charge >= 0.3 is 0 Å². The van der Waals surface area contributed by atoms with E-state index in [1.165, 1.54) is 5.51 Å². The Morgan fingerprint density at radius 3 is 1.54 bits per heavy atom. The van der Waals surface area contributed by atoms with Crippen molar-refractivity contribution < 1.29 is 28.9 Å². The van der Waals surface area contributed by atoms with Crippen LogP contribution in [0.3, 0.4) is 0 Å². The molecule has 0 unspecified atom stereocenters. The maximum absolute atomic E-state index is 13.5. The summed E-state index contributed by atoms with van der Waals surface area (Å²) >= 11 is 0.838. The number of nitrogens with zero attached hydrogens (tertiary/aromatic N) is 1. The number of nitrogens with one attached hydrogen (secondary N) is 2. The molecule has 0 fully saturated rings. The van der Waals surface area contributed by atoms with Gasteiger partial charge in [0.05, 0.1) is 16.7 Å². The van der Waals surface area contributed by atoms with Gasteiger partial charge in [0.15, 0.2) is 0 Å². The first kappa shape index (κ1) is 32.1. The molecule has 0 saturated heterocycles. The molecule has 3 rings (SSSR count). The van der Waals surface area contributed by atoms with E-state index in [1.807, 2.05) is 60.7 Å². The summed E-state index contributed by atoms with van der Waals surface area (Å²) in [7, 11) is 0. The SMILES string of the molecule is CC(C)(C)ON[C@@H](Cc1ccccc1)C(=O)C(=O)c1ncsc1C(=O)C(=O)[C@H](Cc1ccccc1)NOC(C)(C)C. The molecule has 0 amide bonds. The molecule has 3 aromatic rings. The van der Waals surface area contributed by atoms with Crippen LogP contribution in [0.2, 0.25) is 0 Å². The van der Waals surface area contributed by atoms with E-state index in [2.05, 4.69) is 15.9 Å². The first-order valence-corrected chi connectivity index (χ1v) is 14.2. The number of thiazole rings is 1. The van der Waals surface area contributed by atoms with Gasteiger partial charge in [-0.25, -0.2) is 4.98 Å². The minimum atomic E-state index is -1.04. The van der Waals surface area contributed by atoms with E-state index in [9.17, 15) is 19.2 Å². The van der Waals surface area contributed by atoms with Crippen LogP contribution in [0.15, 0.2) is 66.2 Å². The Morgan fingerprint density at radius 1 is 0.707 bits per heavy atom. The highest BCUT2D eigenvalue weighted by Crippen LogP contribution is 2.20. The summed E-state index contributed by atoms with van der Waals surface area (Å²) in [6.45, 7) is 10.8. The molecule has 0 radical (unpaired) electrons. The molecule has 2 N–H and O–H groups in total. The fourth-order valence-corrected chi connectivity index (χ4v) is 4.41. The molecule has 41 heavy (non-hydrogen) atoms. The predicted octanol–water partition coefficient (Wildman–Crippen LogP) is 4.51. The maximum atomic E-state index is 13.5. The highest BCUT2D eigenvalue weighted by Gasteiger charge is 2.36. The molecule has 2 aromatic carbocycles. The predicted molar refractivity (Wildman–Crippen MR) is 157 cm³/mol. The zero-order valence-corrected chi connectivity index (χ0v) is 25.0. The molecule has 0 saturated carbocycles. The van der Waals surface area contributed by atoms with Crippen molar-refractivity contribution in [2.24, 2.45) is 0 Å². The standard InChI is InChI=1S/C31H37N3O6S/c1-30(2,3)39-33-22(17-20-13-9-7-10-14-20)25(35)27(37)24-29(41-19-32-24)28(38)26(36)23(34-40-31(4,5)6)18-21-15-11-8-12-16-21/h7-16,19,22-23,33-34H,17-18H2,1-6H3/t22-,23-/m0/s1. The molecule has 9 nitrogen and oxygen atoms in total. The van der Waals surface area contributed by atoms with Crippen molar-refractivity contribution in [2.45, 2.75) is 77.7 Å². The number of hydrogen-bond donors (Lipinski definition) is 2. The van der Waals surface area contributed by atoms with Gasteiger partial charge in [-0.05, 0) is 65.5 Å². The van der Waals surface area contributed by atoms with Crippen molar-refractivity contribution in [1.29, 1.82) is 0 Å². The number of ketones is 4. The number of rotatable bonds is 14. The summed E-state index contributed by atoms with van der Waals surface area (Å²) in [4.78, 5) is 68.9. The molecule has 1 aromatic heterocycles. The molecule has 2 atom stereocenters. The Labute approximate surface area is 244 Å². The van der Waals surface area contributed by atoms with Crippen molar-refractivity contribution in [1.82, 2.24) is 15.9 Å². The third-order valence-electron chi connectivity index (χ3n) is 5.65.